The van der Waals surface area contributed by atoms with Gasteiger partial charge in [-0.15, -0.1) is 0 Å². The molecule has 0 aliphatic carbocycles. The lowest BCUT2D eigenvalue weighted by Gasteiger charge is -2.22. The standard InChI is InChI=1S/C19H19N3O3/c1-25-11-10-22(19(24)14-6-8-20-9-7-14)13-16-12-15-4-2-3-5-17(15)21-18(16)23/h2-9,12H,10-11,13H2,1H3,(H,21,23). The first-order valence-corrected chi connectivity index (χ1v) is 7.98. The Morgan fingerprint density at radius 2 is 1.96 bits per heavy atom. The molecule has 3 aromatic rings. The monoisotopic (exact) mass is 337 g/mol. The number of aromatic amines is 1. The number of nitrogens with zero attached hydrogens (tertiary/aromatic N) is 2. The van der Waals surface area contributed by atoms with Crippen LogP contribution in [0, 0.1) is 0 Å². The molecule has 0 atom stereocenters. The number of para-hydroxylation sites is 1. The van der Waals surface area contributed by atoms with Crippen molar-refractivity contribution < 1.29 is 9.53 Å². The van der Waals surface area contributed by atoms with Crippen LogP contribution in [0.2, 0.25) is 0 Å². The van der Waals surface area contributed by atoms with Gasteiger partial charge in [-0.2, -0.15) is 0 Å². The molecule has 2 heterocycles. The summed E-state index contributed by atoms with van der Waals surface area (Å²) >= 11 is 0. The number of aromatic nitrogens is 2. The average Bonchev–Trinajstić information content (AvgIpc) is 2.65. The van der Waals surface area contributed by atoms with Crippen LogP contribution in [0.5, 0.6) is 0 Å². The van der Waals surface area contributed by atoms with E-state index >= 15 is 0 Å². The molecule has 0 radical (unpaired) electrons. The highest BCUT2D eigenvalue weighted by Crippen LogP contribution is 2.13. The quantitative estimate of drug-likeness (QED) is 0.748. The molecule has 1 aromatic carbocycles. The first-order chi connectivity index (χ1) is 12.2. The van der Waals surface area contributed by atoms with Crippen LogP contribution in [0.3, 0.4) is 0 Å². The number of hydrogen-bond donors (Lipinski definition) is 1. The van der Waals surface area contributed by atoms with Gasteiger partial charge in [0.1, 0.15) is 0 Å². The van der Waals surface area contributed by atoms with E-state index in [2.05, 4.69) is 9.97 Å². The van der Waals surface area contributed by atoms with Crippen LogP contribution in [0.4, 0.5) is 0 Å². The Morgan fingerprint density at radius 3 is 2.72 bits per heavy atom. The Bertz CT molecular complexity index is 922. The lowest BCUT2D eigenvalue weighted by Crippen LogP contribution is -2.35. The molecule has 0 aliphatic rings. The van der Waals surface area contributed by atoms with E-state index in [0.29, 0.717) is 24.3 Å². The van der Waals surface area contributed by atoms with E-state index in [4.69, 9.17) is 4.74 Å². The van der Waals surface area contributed by atoms with E-state index in [1.165, 1.54) is 0 Å². The number of benzene rings is 1. The van der Waals surface area contributed by atoms with Gasteiger partial charge in [0.2, 0.25) is 0 Å². The summed E-state index contributed by atoms with van der Waals surface area (Å²) in [6.45, 7) is 0.997. The Labute approximate surface area is 145 Å². The Kier molecular flexibility index (Phi) is 5.20. The molecule has 0 saturated carbocycles. The lowest BCUT2D eigenvalue weighted by molar-refractivity contribution is 0.0679. The zero-order valence-corrected chi connectivity index (χ0v) is 13.9. The number of amides is 1. The normalized spacial score (nSPS) is 10.8. The highest BCUT2D eigenvalue weighted by molar-refractivity contribution is 5.94. The number of fused-ring (bicyclic) bond motifs is 1. The van der Waals surface area contributed by atoms with Gasteiger partial charge < -0.3 is 14.6 Å². The van der Waals surface area contributed by atoms with Crippen molar-refractivity contribution in [2.75, 3.05) is 20.3 Å². The molecule has 0 spiro atoms. The molecule has 0 bridgehead atoms. The van der Waals surface area contributed by atoms with E-state index in [1.807, 2.05) is 30.3 Å². The molecule has 0 aliphatic heterocycles. The van der Waals surface area contributed by atoms with Crippen LogP contribution >= 0.6 is 0 Å². The van der Waals surface area contributed by atoms with Gasteiger partial charge in [-0.05, 0) is 29.7 Å². The van der Waals surface area contributed by atoms with Crippen molar-refractivity contribution >= 4 is 16.8 Å². The number of carbonyl (C=O) groups is 1. The predicted molar refractivity (Wildman–Crippen MR) is 95.4 cm³/mol. The Hall–Kier alpha value is -2.99. The second-order valence-corrected chi connectivity index (χ2v) is 5.67. The summed E-state index contributed by atoms with van der Waals surface area (Å²) in [5.41, 5.74) is 1.66. The summed E-state index contributed by atoms with van der Waals surface area (Å²) in [5, 5.41) is 0.931. The van der Waals surface area contributed by atoms with Crippen LogP contribution < -0.4 is 5.56 Å². The molecule has 128 valence electrons. The van der Waals surface area contributed by atoms with Gasteiger partial charge in [-0.1, -0.05) is 18.2 Å². The zero-order valence-electron chi connectivity index (χ0n) is 13.9. The van der Waals surface area contributed by atoms with Crippen molar-refractivity contribution in [3.63, 3.8) is 0 Å². The van der Waals surface area contributed by atoms with Crippen molar-refractivity contribution in [1.29, 1.82) is 0 Å². The molecule has 0 saturated heterocycles. The van der Waals surface area contributed by atoms with E-state index < -0.39 is 0 Å². The maximum atomic E-state index is 12.8. The second kappa shape index (κ2) is 7.72. The minimum atomic E-state index is -0.191. The van der Waals surface area contributed by atoms with Gasteiger partial charge in [0, 0.05) is 42.7 Å². The van der Waals surface area contributed by atoms with Crippen LogP contribution in [0.15, 0.2) is 59.7 Å². The number of hydrogen-bond acceptors (Lipinski definition) is 4. The summed E-state index contributed by atoms with van der Waals surface area (Å²) in [6.07, 6.45) is 3.15. The molecule has 1 amide bonds. The molecule has 25 heavy (non-hydrogen) atoms. The highest BCUT2D eigenvalue weighted by atomic mass is 16.5. The Morgan fingerprint density at radius 1 is 1.20 bits per heavy atom. The van der Waals surface area contributed by atoms with Crippen LogP contribution in [0.25, 0.3) is 10.9 Å². The number of ether oxygens (including phenoxy) is 1. The maximum Gasteiger partial charge on any atom is 0.254 e. The minimum Gasteiger partial charge on any atom is -0.383 e. The number of H-pyrrole nitrogens is 1. The third-order valence-electron chi connectivity index (χ3n) is 3.97. The number of methoxy groups -OCH3 is 1. The van der Waals surface area contributed by atoms with Crippen LogP contribution in [0.1, 0.15) is 15.9 Å². The summed E-state index contributed by atoms with van der Waals surface area (Å²) in [6, 6.07) is 12.7. The van der Waals surface area contributed by atoms with Crippen molar-refractivity contribution in [1.82, 2.24) is 14.9 Å². The van der Waals surface area contributed by atoms with E-state index in [1.54, 1.807) is 36.5 Å². The largest absolute Gasteiger partial charge is 0.383 e. The molecule has 0 unspecified atom stereocenters. The first-order valence-electron chi connectivity index (χ1n) is 7.98. The molecule has 3 rings (SSSR count). The van der Waals surface area contributed by atoms with Gasteiger partial charge in [-0.3, -0.25) is 14.6 Å². The number of rotatable bonds is 6. The number of nitrogens with one attached hydrogen (secondary N) is 1. The summed E-state index contributed by atoms with van der Waals surface area (Å²) < 4.78 is 5.10. The highest BCUT2D eigenvalue weighted by Gasteiger charge is 2.17. The van der Waals surface area contributed by atoms with Gasteiger partial charge in [0.25, 0.3) is 11.5 Å². The molecule has 0 fully saturated rings. The molecule has 2 aromatic heterocycles. The van der Waals surface area contributed by atoms with E-state index in [0.717, 1.165) is 10.9 Å². The molecule has 6 nitrogen and oxygen atoms in total. The molecular weight excluding hydrogens is 318 g/mol. The lowest BCUT2D eigenvalue weighted by atomic mass is 10.1. The minimum absolute atomic E-state index is 0.160. The summed E-state index contributed by atoms with van der Waals surface area (Å²) in [5.74, 6) is -0.160. The number of carbonyl (C=O) groups excluding carboxylic acids is 1. The second-order valence-electron chi connectivity index (χ2n) is 5.67. The fourth-order valence-electron chi connectivity index (χ4n) is 2.65. The van der Waals surface area contributed by atoms with Gasteiger partial charge in [0.05, 0.1) is 13.2 Å². The van der Waals surface area contributed by atoms with Crippen molar-refractivity contribution in [3.8, 4) is 0 Å². The van der Waals surface area contributed by atoms with Crippen molar-refractivity contribution in [2.45, 2.75) is 6.54 Å². The number of pyridine rings is 2. The van der Waals surface area contributed by atoms with Crippen LogP contribution in [-0.4, -0.2) is 41.0 Å². The van der Waals surface area contributed by atoms with Gasteiger partial charge >= 0.3 is 0 Å². The fourth-order valence-corrected chi connectivity index (χ4v) is 2.65. The molecule has 1 N–H and O–H groups in total. The predicted octanol–water partition coefficient (Wildman–Crippen LogP) is 2.21. The first kappa shape index (κ1) is 16.9. The SMILES string of the molecule is COCCN(Cc1cc2ccccc2[nH]c1=O)C(=O)c1ccncc1. The van der Waals surface area contributed by atoms with Crippen molar-refractivity contribution in [3.05, 3.63) is 76.3 Å². The smallest absolute Gasteiger partial charge is 0.254 e. The molecular formula is C19H19N3O3. The third-order valence-corrected chi connectivity index (χ3v) is 3.97. The maximum absolute atomic E-state index is 12.8. The third kappa shape index (κ3) is 3.92. The van der Waals surface area contributed by atoms with Gasteiger partial charge in [-0.25, -0.2) is 0 Å². The summed E-state index contributed by atoms with van der Waals surface area (Å²) in [4.78, 5) is 33.5. The zero-order chi connectivity index (χ0) is 17.6. The van der Waals surface area contributed by atoms with Crippen molar-refractivity contribution in [2.24, 2.45) is 0 Å². The Balaban J connectivity index is 1.91. The fraction of sp³-hybridized carbons (Fsp3) is 0.211. The topological polar surface area (TPSA) is 75.3 Å². The van der Waals surface area contributed by atoms with E-state index in [-0.39, 0.29) is 18.0 Å². The van der Waals surface area contributed by atoms with Gasteiger partial charge in [0.15, 0.2) is 0 Å². The molecule has 6 heteroatoms. The summed E-state index contributed by atoms with van der Waals surface area (Å²) in [7, 11) is 1.58. The van der Waals surface area contributed by atoms with Crippen LogP contribution in [-0.2, 0) is 11.3 Å². The van der Waals surface area contributed by atoms with E-state index in [9.17, 15) is 9.59 Å². The average molecular weight is 337 g/mol.